The van der Waals surface area contributed by atoms with Crippen molar-refractivity contribution in [1.82, 2.24) is 20.4 Å². The summed E-state index contributed by atoms with van der Waals surface area (Å²) in [5.74, 6) is -0.946. The van der Waals surface area contributed by atoms with E-state index in [0.717, 1.165) is 25.0 Å². The monoisotopic (exact) mass is 378 g/mol. The molecule has 7 nitrogen and oxygen atoms in total. The Morgan fingerprint density at radius 1 is 1.15 bits per heavy atom. The summed E-state index contributed by atoms with van der Waals surface area (Å²) < 4.78 is 43.1. The van der Waals surface area contributed by atoms with Crippen molar-refractivity contribution in [2.75, 3.05) is 5.32 Å². The van der Waals surface area contributed by atoms with Gasteiger partial charge in [0.25, 0.3) is 0 Å². The summed E-state index contributed by atoms with van der Waals surface area (Å²) in [6.07, 6.45) is 2.79. The summed E-state index contributed by atoms with van der Waals surface area (Å²) in [6.45, 7) is 1.43. The SMILES string of the molecule is CC1(c2cnc(NC3(c4ccccn4)CCC3)nc2)NN=C(C(F)(F)F)O1. The van der Waals surface area contributed by atoms with E-state index < -0.39 is 17.8 Å². The highest BCUT2D eigenvalue weighted by atomic mass is 19.4. The highest BCUT2D eigenvalue weighted by Crippen LogP contribution is 2.42. The van der Waals surface area contributed by atoms with Crippen LogP contribution in [0.2, 0.25) is 0 Å². The molecule has 0 bridgehead atoms. The average molecular weight is 378 g/mol. The molecule has 1 fully saturated rings. The first-order valence-electron chi connectivity index (χ1n) is 8.44. The van der Waals surface area contributed by atoms with Crippen molar-refractivity contribution >= 4 is 11.8 Å². The minimum Gasteiger partial charge on any atom is -0.441 e. The van der Waals surface area contributed by atoms with Gasteiger partial charge < -0.3 is 10.1 Å². The number of rotatable bonds is 4. The van der Waals surface area contributed by atoms with Crippen LogP contribution in [0.25, 0.3) is 0 Å². The van der Waals surface area contributed by atoms with Gasteiger partial charge >= 0.3 is 12.1 Å². The van der Waals surface area contributed by atoms with Crippen LogP contribution in [0, 0.1) is 0 Å². The molecule has 1 saturated carbocycles. The number of halogens is 3. The Hall–Kier alpha value is -2.91. The Labute approximate surface area is 153 Å². The highest BCUT2D eigenvalue weighted by Gasteiger charge is 2.48. The normalized spacial score (nSPS) is 23.6. The lowest BCUT2D eigenvalue weighted by atomic mass is 9.74. The quantitative estimate of drug-likeness (QED) is 0.851. The summed E-state index contributed by atoms with van der Waals surface area (Å²) in [4.78, 5) is 12.9. The standard InChI is InChI=1S/C17H17F3N6O/c1-15(26-25-13(27-15)17(18,19)20)11-9-22-14(23-10-11)24-16(6-4-7-16)12-5-2-3-8-21-12/h2-3,5,8-10,26H,4,6-7H2,1H3,(H,22,23,24). The van der Waals surface area contributed by atoms with Crippen molar-refractivity contribution in [1.29, 1.82) is 0 Å². The smallest absolute Gasteiger partial charge is 0.441 e. The summed E-state index contributed by atoms with van der Waals surface area (Å²) in [6, 6.07) is 5.73. The van der Waals surface area contributed by atoms with Gasteiger partial charge in [0.15, 0.2) is 0 Å². The Morgan fingerprint density at radius 3 is 2.41 bits per heavy atom. The first-order chi connectivity index (χ1) is 12.8. The minimum absolute atomic E-state index is 0.318. The second kappa shape index (κ2) is 6.07. The van der Waals surface area contributed by atoms with Gasteiger partial charge in [-0.2, -0.15) is 13.2 Å². The molecule has 1 aliphatic heterocycles. The average Bonchev–Trinajstić information content (AvgIpc) is 3.03. The van der Waals surface area contributed by atoms with Gasteiger partial charge in [0.2, 0.25) is 11.7 Å². The minimum atomic E-state index is -4.66. The molecule has 1 aliphatic carbocycles. The maximum atomic E-state index is 12.7. The van der Waals surface area contributed by atoms with Gasteiger partial charge in [0.1, 0.15) is 0 Å². The zero-order valence-corrected chi connectivity index (χ0v) is 14.4. The Bertz CT molecular complexity index is 851. The molecular weight excluding hydrogens is 361 g/mol. The molecular formula is C17H17F3N6O. The Morgan fingerprint density at radius 2 is 1.89 bits per heavy atom. The van der Waals surface area contributed by atoms with Crippen LogP contribution < -0.4 is 10.7 Å². The molecule has 4 rings (SSSR count). The molecule has 0 radical (unpaired) electrons. The lowest BCUT2D eigenvalue weighted by Crippen LogP contribution is -2.43. The maximum absolute atomic E-state index is 12.7. The van der Waals surface area contributed by atoms with Crippen molar-refractivity contribution < 1.29 is 17.9 Å². The van der Waals surface area contributed by atoms with E-state index in [1.807, 2.05) is 18.2 Å². The number of hydrogen-bond acceptors (Lipinski definition) is 7. The number of hydrogen-bond donors (Lipinski definition) is 2. The molecule has 10 heteroatoms. The number of alkyl halides is 3. The molecule has 3 heterocycles. The fraction of sp³-hybridized carbons (Fsp3) is 0.412. The topological polar surface area (TPSA) is 84.3 Å². The molecule has 2 N–H and O–H groups in total. The fourth-order valence-electron chi connectivity index (χ4n) is 3.12. The van der Waals surface area contributed by atoms with Crippen molar-refractivity contribution in [3.63, 3.8) is 0 Å². The van der Waals surface area contributed by atoms with E-state index in [1.54, 1.807) is 6.20 Å². The van der Waals surface area contributed by atoms with Crippen LogP contribution in [0.4, 0.5) is 19.1 Å². The summed E-state index contributed by atoms with van der Waals surface area (Å²) in [5.41, 5.74) is 1.81. The third kappa shape index (κ3) is 3.15. The van der Waals surface area contributed by atoms with Crippen LogP contribution in [0.3, 0.4) is 0 Å². The van der Waals surface area contributed by atoms with Crippen LogP contribution in [-0.2, 0) is 16.0 Å². The molecule has 27 heavy (non-hydrogen) atoms. The first-order valence-corrected chi connectivity index (χ1v) is 8.44. The van der Waals surface area contributed by atoms with Crippen molar-refractivity contribution in [2.24, 2.45) is 5.10 Å². The van der Waals surface area contributed by atoms with Crippen LogP contribution in [-0.4, -0.2) is 27.0 Å². The van der Waals surface area contributed by atoms with Gasteiger partial charge in [-0.3, -0.25) is 10.4 Å². The van der Waals surface area contributed by atoms with E-state index in [0.29, 0.717) is 11.5 Å². The molecule has 1 atom stereocenters. The van der Waals surface area contributed by atoms with Gasteiger partial charge in [0.05, 0.1) is 16.8 Å². The van der Waals surface area contributed by atoms with E-state index in [1.165, 1.54) is 19.3 Å². The predicted octanol–water partition coefficient (Wildman–Crippen LogP) is 3.03. The van der Waals surface area contributed by atoms with Gasteiger partial charge in [-0.1, -0.05) is 6.07 Å². The summed E-state index contributed by atoms with van der Waals surface area (Å²) >= 11 is 0. The molecule has 142 valence electrons. The van der Waals surface area contributed by atoms with Crippen LogP contribution in [0.15, 0.2) is 41.9 Å². The predicted molar refractivity (Wildman–Crippen MR) is 90.5 cm³/mol. The van der Waals surface area contributed by atoms with Crippen LogP contribution >= 0.6 is 0 Å². The molecule has 0 spiro atoms. The summed E-state index contributed by atoms with van der Waals surface area (Å²) in [7, 11) is 0. The van der Waals surface area contributed by atoms with E-state index in [-0.39, 0.29) is 5.54 Å². The molecule has 0 amide bonds. The Kier molecular flexibility index (Phi) is 3.93. The van der Waals surface area contributed by atoms with E-state index >= 15 is 0 Å². The molecule has 1 unspecified atom stereocenters. The van der Waals surface area contributed by atoms with E-state index in [9.17, 15) is 13.2 Å². The zero-order chi connectivity index (χ0) is 19.1. The second-order valence-electron chi connectivity index (χ2n) is 6.73. The summed E-state index contributed by atoms with van der Waals surface area (Å²) in [5, 5.41) is 6.54. The molecule has 0 aromatic carbocycles. The highest BCUT2D eigenvalue weighted by molar-refractivity contribution is 5.83. The van der Waals surface area contributed by atoms with Gasteiger partial charge in [-0.25, -0.2) is 9.97 Å². The third-order valence-corrected chi connectivity index (χ3v) is 4.83. The number of anilines is 1. The zero-order valence-electron chi connectivity index (χ0n) is 14.4. The fourth-order valence-corrected chi connectivity index (χ4v) is 3.12. The first kappa shape index (κ1) is 17.5. The molecule has 2 aromatic heterocycles. The van der Waals surface area contributed by atoms with Crippen LogP contribution in [0.5, 0.6) is 0 Å². The van der Waals surface area contributed by atoms with Crippen molar-refractivity contribution in [3.05, 3.63) is 48.0 Å². The van der Waals surface area contributed by atoms with Crippen LogP contribution in [0.1, 0.15) is 37.4 Å². The maximum Gasteiger partial charge on any atom is 0.470 e. The lowest BCUT2D eigenvalue weighted by molar-refractivity contribution is -0.0888. The number of pyridine rings is 1. The molecule has 2 aliphatic rings. The number of nitrogens with one attached hydrogen (secondary N) is 2. The van der Waals surface area contributed by atoms with Crippen molar-refractivity contribution in [2.45, 2.75) is 43.6 Å². The van der Waals surface area contributed by atoms with Crippen molar-refractivity contribution in [3.8, 4) is 0 Å². The van der Waals surface area contributed by atoms with Gasteiger partial charge in [0, 0.05) is 25.5 Å². The lowest BCUT2D eigenvalue weighted by Gasteiger charge is -2.42. The Balaban J connectivity index is 1.50. The largest absolute Gasteiger partial charge is 0.470 e. The molecule has 0 saturated heterocycles. The molecule has 2 aromatic rings. The van der Waals surface area contributed by atoms with Gasteiger partial charge in [-0.15, -0.1) is 5.10 Å². The number of ether oxygens (including phenoxy) is 1. The number of nitrogens with zero attached hydrogens (tertiary/aromatic N) is 4. The number of hydrazone groups is 1. The van der Waals surface area contributed by atoms with Gasteiger partial charge in [-0.05, 0) is 31.4 Å². The third-order valence-electron chi connectivity index (χ3n) is 4.83. The van der Waals surface area contributed by atoms with E-state index in [4.69, 9.17) is 4.74 Å². The van der Waals surface area contributed by atoms with E-state index in [2.05, 4.69) is 30.8 Å². The second-order valence-corrected chi connectivity index (χ2v) is 6.73. The number of aromatic nitrogens is 3.